The average molecular weight is 645 g/mol. The van der Waals surface area contributed by atoms with Crippen LogP contribution in [-0.4, -0.2) is 76.6 Å². The third-order valence-electron chi connectivity index (χ3n) is 7.05. The second-order valence-electron chi connectivity index (χ2n) is 9.57. The predicted octanol–water partition coefficient (Wildman–Crippen LogP) is 3.59. The van der Waals surface area contributed by atoms with Crippen molar-refractivity contribution in [3.63, 3.8) is 0 Å². The summed E-state index contributed by atoms with van der Waals surface area (Å²) in [5, 5.41) is 14.9. The lowest BCUT2D eigenvalue weighted by Gasteiger charge is -2.46. The molecule has 2 aliphatic rings. The number of anilines is 1. The van der Waals surface area contributed by atoms with Gasteiger partial charge in [0.15, 0.2) is 5.60 Å². The first kappa shape index (κ1) is 31.6. The number of rotatable bonds is 8. The van der Waals surface area contributed by atoms with Gasteiger partial charge in [-0.15, -0.1) is 0 Å². The molecule has 1 saturated heterocycles. The first-order chi connectivity index (χ1) is 19.8. The Balaban J connectivity index is 1.76. The van der Waals surface area contributed by atoms with Crippen LogP contribution in [0.5, 0.6) is 0 Å². The Hall–Kier alpha value is -3.29. The molecular weight excluding hydrogens is 617 g/mol. The highest BCUT2D eigenvalue weighted by atomic mass is 35.6. The van der Waals surface area contributed by atoms with E-state index < -0.39 is 64.4 Å². The summed E-state index contributed by atoms with van der Waals surface area (Å²) in [7, 11) is 2.27. The van der Waals surface area contributed by atoms with Gasteiger partial charge in [0, 0.05) is 19.1 Å². The minimum Gasteiger partial charge on any atom is -0.467 e. The zero-order valence-corrected chi connectivity index (χ0v) is 25.0. The molecule has 1 unspecified atom stereocenters. The van der Waals surface area contributed by atoms with Crippen molar-refractivity contribution in [3.05, 3.63) is 65.7 Å². The van der Waals surface area contributed by atoms with Crippen molar-refractivity contribution < 1.29 is 43.2 Å². The quantitative estimate of drug-likeness (QED) is 0.250. The lowest BCUT2D eigenvalue weighted by Crippen LogP contribution is -2.68. The third kappa shape index (κ3) is 5.57. The number of hydrogen-bond donors (Lipinski definition) is 2. The van der Waals surface area contributed by atoms with Crippen LogP contribution in [0.25, 0.3) is 0 Å². The number of hydrogen-bond acceptors (Lipinski definition) is 9. The number of ether oxygens (including phenoxy) is 4. The van der Waals surface area contributed by atoms with E-state index in [4.69, 9.17) is 53.8 Å². The van der Waals surface area contributed by atoms with Gasteiger partial charge in [0.25, 0.3) is 11.8 Å². The van der Waals surface area contributed by atoms with Crippen molar-refractivity contribution in [2.75, 3.05) is 25.7 Å². The number of alkyl carbamates (subject to hydrolysis) is 1. The molecule has 4 rings (SSSR count). The number of fused-ring (bicyclic) bond motifs is 3. The number of halogens is 3. The summed E-state index contributed by atoms with van der Waals surface area (Å²) in [6.45, 7) is 0.676. The number of alkyl halides is 3. The molecule has 42 heavy (non-hydrogen) atoms. The van der Waals surface area contributed by atoms with Crippen LogP contribution >= 0.6 is 34.8 Å². The van der Waals surface area contributed by atoms with Gasteiger partial charge in [-0.25, -0.2) is 19.3 Å². The van der Waals surface area contributed by atoms with E-state index in [1.54, 1.807) is 48.5 Å². The Morgan fingerprint density at radius 3 is 2.31 bits per heavy atom. The van der Waals surface area contributed by atoms with E-state index in [-0.39, 0.29) is 17.9 Å². The molecule has 0 aliphatic carbocycles. The molecule has 15 heteroatoms. The minimum atomic E-state index is -2.33. The molecule has 3 amide bonds. The van der Waals surface area contributed by atoms with E-state index >= 15 is 0 Å². The van der Waals surface area contributed by atoms with Crippen LogP contribution in [0.4, 0.5) is 15.3 Å². The van der Waals surface area contributed by atoms with Gasteiger partial charge in [0.05, 0.1) is 12.8 Å². The Labute approximate surface area is 256 Å². The number of benzene rings is 2. The van der Waals surface area contributed by atoms with Crippen LogP contribution in [0, 0.1) is 0 Å². The monoisotopic (exact) mass is 643 g/mol. The third-order valence-corrected chi connectivity index (χ3v) is 7.38. The van der Waals surface area contributed by atoms with Gasteiger partial charge in [-0.2, -0.15) is 0 Å². The van der Waals surface area contributed by atoms with E-state index in [1.165, 1.54) is 20.1 Å². The van der Waals surface area contributed by atoms with Gasteiger partial charge in [0.2, 0.25) is 3.79 Å². The molecule has 2 aromatic rings. The van der Waals surface area contributed by atoms with Crippen molar-refractivity contribution in [2.45, 2.75) is 47.3 Å². The zero-order chi connectivity index (χ0) is 30.9. The molecule has 0 bridgehead atoms. The van der Waals surface area contributed by atoms with Crippen molar-refractivity contribution in [2.24, 2.45) is 0 Å². The van der Waals surface area contributed by atoms with Gasteiger partial charge in [-0.1, -0.05) is 83.3 Å². The van der Waals surface area contributed by atoms with Gasteiger partial charge in [-0.3, -0.25) is 9.69 Å². The second-order valence-corrected chi connectivity index (χ2v) is 12.1. The van der Waals surface area contributed by atoms with Gasteiger partial charge in [0.1, 0.15) is 25.3 Å². The second kappa shape index (κ2) is 12.1. The molecule has 2 heterocycles. The minimum absolute atomic E-state index is 0.135. The maximum Gasteiger partial charge on any atom is 0.414 e. The van der Waals surface area contributed by atoms with Crippen molar-refractivity contribution >= 4 is 64.6 Å². The van der Waals surface area contributed by atoms with E-state index in [0.29, 0.717) is 5.56 Å². The summed E-state index contributed by atoms with van der Waals surface area (Å²) in [5.74, 6) is -3.80. The Morgan fingerprint density at radius 2 is 1.69 bits per heavy atom. The van der Waals surface area contributed by atoms with Crippen LogP contribution in [0.1, 0.15) is 24.5 Å². The predicted molar refractivity (Wildman–Crippen MR) is 151 cm³/mol. The maximum atomic E-state index is 13.7. The van der Waals surface area contributed by atoms with E-state index in [1.807, 2.05) is 0 Å². The molecule has 1 fully saturated rings. The Morgan fingerprint density at radius 1 is 1.05 bits per heavy atom. The van der Waals surface area contributed by atoms with E-state index in [9.17, 15) is 24.3 Å². The molecular formula is C27H28Cl3N3O9. The van der Waals surface area contributed by atoms with Crippen LogP contribution in [0.15, 0.2) is 54.6 Å². The highest BCUT2D eigenvalue weighted by Gasteiger charge is 2.75. The van der Waals surface area contributed by atoms with Crippen molar-refractivity contribution in [1.82, 2.24) is 10.2 Å². The zero-order valence-electron chi connectivity index (χ0n) is 22.7. The lowest BCUT2D eigenvalue weighted by molar-refractivity contribution is -0.230. The van der Waals surface area contributed by atoms with Gasteiger partial charge in [-0.05, 0) is 18.6 Å². The highest BCUT2D eigenvalue weighted by molar-refractivity contribution is 6.67. The van der Waals surface area contributed by atoms with Crippen LogP contribution in [0.3, 0.4) is 0 Å². The summed E-state index contributed by atoms with van der Waals surface area (Å²) in [4.78, 5) is 54.9. The number of methoxy groups -OCH3 is 2. The van der Waals surface area contributed by atoms with Gasteiger partial charge >= 0.3 is 18.2 Å². The maximum absolute atomic E-state index is 13.7. The Kier molecular flexibility index (Phi) is 9.14. The first-order valence-electron chi connectivity index (χ1n) is 12.6. The largest absolute Gasteiger partial charge is 0.467 e. The Bertz CT molecular complexity index is 1360. The smallest absolute Gasteiger partial charge is 0.414 e. The topological polar surface area (TPSA) is 144 Å². The summed E-state index contributed by atoms with van der Waals surface area (Å²) >= 11 is 16.9. The molecule has 2 aliphatic heterocycles. The number of para-hydroxylation sites is 1. The first-order valence-corrected chi connectivity index (χ1v) is 13.7. The average Bonchev–Trinajstić information content (AvgIpc) is 3.33. The number of aliphatic hydroxyl groups is 1. The SMILES string of the molecule is COC(=O)[C@@H](C[C@]1(O)c2ccccc2N2C(=O)[C@H](C)N(C(=O)OCc3ccccc3)C21OC)NC(=O)OCC(Cl)(Cl)Cl. The molecule has 226 valence electrons. The molecule has 0 spiro atoms. The molecule has 0 aromatic heterocycles. The highest BCUT2D eigenvalue weighted by Crippen LogP contribution is 2.58. The fourth-order valence-electron chi connectivity index (χ4n) is 5.31. The fraction of sp³-hybridized carbons (Fsp3) is 0.407. The number of esters is 1. The lowest BCUT2D eigenvalue weighted by atomic mass is 9.83. The molecule has 0 saturated carbocycles. The molecule has 2 aromatic carbocycles. The van der Waals surface area contributed by atoms with Gasteiger partial charge < -0.3 is 29.4 Å². The number of nitrogens with zero attached hydrogens (tertiary/aromatic N) is 2. The van der Waals surface area contributed by atoms with Crippen LogP contribution < -0.4 is 10.2 Å². The number of carbonyl (C=O) groups excluding carboxylic acids is 4. The number of amides is 3. The molecule has 2 N–H and O–H groups in total. The van der Waals surface area contributed by atoms with Crippen LogP contribution in [-0.2, 0) is 40.7 Å². The van der Waals surface area contributed by atoms with E-state index in [2.05, 4.69) is 5.32 Å². The molecule has 12 nitrogen and oxygen atoms in total. The molecule has 4 atom stereocenters. The normalized spacial score (nSPS) is 23.6. The molecule has 0 radical (unpaired) electrons. The van der Waals surface area contributed by atoms with Crippen LogP contribution in [0.2, 0.25) is 0 Å². The van der Waals surface area contributed by atoms with Crippen molar-refractivity contribution in [3.8, 4) is 0 Å². The number of nitrogens with one attached hydrogen (secondary N) is 1. The van der Waals surface area contributed by atoms with Crippen molar-refractivity contribution in [1.29, 1.82) is 0 Å². The van der Waals surface area contributed by atoms with E-state index in [0.717, 1.165) is 16.9 Å². The summed E-state index contributed by atoms with van der Waals surface area (Å²) < 4.78 is 19.3. The standard InChI is InChI=1S/C27H28Cl3N3O9/c1-16-21(34)33-20-12-8-7-11-18(20)25(38,13-19(22(35)39-2)31-23(36)42-15-26(28,29)30)27(33,40-3)32(16)24(37)41-14-17-9-5-4-6-10-17/h4-12,16,19,38H,13-15H2,1-3H3,(H,31,36)/t16-,19+,25-,27?/m0/s1. The number of carbonyl (C=O) groups is 4. The summed E-state index contributed by atoms with van der Waals surface area (Å²) in [6.07, 6.45) is -2.78. The summed E-state index contributed by atoms with van der Waals surface area (Å²) in [6, 6.07) is 12.4. The fourth-order valence-corrected chi connectivity index (χ4v) is 5.47. The summed E-state index contributed by atoms with van der Waals surface area (Å²) in [5.41, 5.74) is -1.29.